The fourth-order valence-corrected chi connectivity index (χ4v) is 25.9. The molecule has 8 aromatic rings. The van der Waals surface area contributed by atoms with Crippen molar-refractivity contribution in [2.24, 2.45) is 0 Å². The topological polar surface area (TPSA) is 0 Å². The summed E-state index contributed by atoms with van der Waals surface area (Å²) in [6.45, 7) is 9.44. The van der Waals surface area contributed by atoms with Crippen molar-refractivity contribution in [1.29, 1.82) is 0 Å². The normalized spacial score (nSPS) is 16.2. The van der Waals surface area contributed by atoms with Gasteiger partial charge in [0, 0.05) is 0 Å². The predicted molar refractivity (Wildman–Crippen MR) is 297 cm³/mol. The van der Waals surface area contributed by atoms with Gasteiger partial charge in [0.05, 0.1) is 53.2 Å². The minimum absolute atomic E-state index is 0. The molecule has 8 aromatic carbocycles. The van der Waals surface area contributed by atoms with Crippen LogP contribution in [0.5, 0.6) is 0 Å². The van der Waals surface area contributed by atoms with E-state index in [1.165, 1.54) is 68.7 Å². The van der Waals surface area contributed by atoms with Crippen molar-refractivity contribution in [3.8, 4) is 34.1 Å². The van der Waals surface area contributed by atoms with E-state index in [9.17, 15) is 0 Å². The molecule has 2 unspecified atom stereocenters. The van der Waals surface area contributed by atoms with Gasteiger partial charge in [-0.25, -0.2) is 0 Å². The van der Waals surface area contributed by atoms with E-state index < -0.39 is 32.0 Å². The Morgan fingerprint density at radius 1 is 0.368 bits per heavy atom. The Labute approximate surface area is 442 Å². The number of benzene rings is 8. The van der Waals surface area contributed by atoms with Crippen molar-refractivity contribution in [3.05, 3.63) is 230 Å². The molecular formula is C62H58Au2P2Si2+2. The zero-order chi connectivity index (χ0) is 45.7. The zero-order valence-electron chi connectivity index (χ0n) is 39.2. The predicted octanol–water partition coefficient (Wildman–Crippen LogP) is 10.9. The van der Waals surface area contributed by atoms with E-state index in [1.807, 2.05) is 24.3 Å². The zero-order valence-corrected chi connectivity index (χ0v) is 47.5. The molecule has 1 fully saturated rings. The molecule has 1 saturated carbocycles. The summed E-state index contributed by atoms with van der Waals surface area (Å²) >= 11 is 0. The average Bonchev–Trinajstić information content (AvgIpc) is 3.76. The second-order valence-electron chi connectivity index (χ2n) is 18.8. The van der Waals surface area contributed by atoms with Crippen LogP contribution >= 0.6 is 15.8 Å². The van der Waals surface area contributed by atoms with Crippen LogP contribution in [-0.2, 0) is 44.8 Å². The van der Waals surface area contributed by atoms with Crippen molar-refractivity contribution >= 4 is 74.0 Å². The van der Waals surface area contributed by atoms with Crippen molar-refractivity contribution in [1.82, 2.24) is 0 Å². The van der Waals surface area contributed by atoms with E-state index in [0.29, 0.717) is 0 Å². The van der Waals surface area contributed by atoms with Crippen molar-refractivity contribution < 1.29 is 44.8 Å². The fourth-order valence-electron chi connectivity index (χ4n) is 11.4. The second-order valence-corrected chi connectivity index (χ2v) is 32.9. The Bertz CT molecular complexity index is 2750. The summed E-state index contributed by atoms with van der Waals surface area (Å²) in [4.78, 5) is 0. The third-order valence-electron chi connectivity index (χ3n) is 14.3. The first kappa shape index (κ1) is 51.5. The molecule has 3 aliphatic rings. The standard InChI is InChI=1S/C30H30P2.2C16H13Si.2Au/c1-5-15-25(16-6-1)31(26-17-7-2-8-18-26)29-23-13-14-24-30(29)32(27-19-9-3-10-20-27)28-21-11-4-12-22-28;2*1-4-12-8-7-10-14-13-9-5-6-11-15(13)17(2,3)16(12)14;;/h1-12,15-22,29-30H,13-14,23-24H2;2*5-11H,2-3H3;;/q;2*-1;2*+1/p+2. The van der Waals surface area contributed by atoms with Crippen LogP contribution in [0.25, 0.3) is 22.3 Å². The van der Waals surface area contributed by atoms with Gasteiger partial charge in [0.15, 0.2) is 0 Å². The quantitative estimate of drug-likeness (QED) is 0.0674. The first-order valence-electron chi connectivity index (χ1n) is 23.5. The molecule has 0 amide bonds. The van der Waals surface area contributed by atoms with E-state index in [-0.39, 0.29) is 44.8 Å². The van der Waals surface area contributed by atoms with Gasteiger partial charge in [-0.05, 0) is 107 Å². The summed E-state index contributed by atoms with van der Waals surface area (Å²) in [5, 5.41) is 12.0. The SMILES string of the molecule is [Au+].[Au+].[C-]#Cc1cccc2c1[Si](C)(C)c1ccccc1-2.[C-]#Cc1cccc2c1[Si](C)(C)c1ccccc1-2.c1ccc([PH+](c2ccccc2)C2CCCCC2[PH+](c2ccccc2)c2ccccc2)cc1. The summed E-state index contributed by atoms with van der Waals surface area (Å²) in [5.41, 5.74) is 8.79. The van der Waals surface area contributed by atoms with Gasteiger partial charge < -0.3 is 12.8 Å². The van der Waals surface area contributed by atoms with E-state index in [4.69, 9.17) is 12.8 Å². The van der Waals surface area contributed by atoms with Crippen molar-refractivity contribution in [2.75, 3.05) is 0 Å². The smallest absolute Gasteiger partial charge is 0.366 e. The fraction of sp³-hybridized carbons (Fsp3) is 0.161. The molecule has 0 spiro atoms. The van der Waals surface area contributed by atoms with Gasteiger partial charge in [0.1, 0.15) is 11.3 Å². The molecule has 344 valence electrons. The Morgan fingerprint density at radius 3 is 0.956 bits per heavy atom. The van der Waals surface area contributed by atoms with E-state index in [2.05, 4.69) is 220 Å². The summed E-state index contributed by atoms with van der Waals surface area (Å²) in [5.74, 6) is 5.21. The van der Waals surface area contributed by atoms with Crippen LogP contribution in [0.4, 0.5) is 0 Å². The summed E-state index contributed by atoms with van der Waals surface area (Å²) in [6, 6.07) is 75.4. The number of hydrogen-bond acceptors (Lipinski definition) is 0. The van der Waals surface area contributed by atoms with Gasteiger partial charge in [0.25, 0.3) is 0 Å². The average molecular weight is 1320 g/mol. The third kappa shape index (κ3) is 10.3. The first-order valence-corrected chi connectivity index (χ1v) is 32.7. The Hall–Kier alpha value is -4.35. The van der Waals surface area contributed by atoms with E-state index in [0.717, 1.165) is 22.4 Å². The van der Waals surface area contributed by atoms with Crippen LogP contribution in [0.3, 0.4) is 0 Å². The third-order valence-corrected chi connectivity index (χ3v) is 28.4. The molecular weight excluding hydrogens is 1260 g/mol. The van der Waals surface area contributed by atoms with Crippen molar-refractivity contribution in [2.45, 2.75) is 63.2 Å². The Balaban J connectivity index is 0.000000161. The largest absolute Gasteiger partial charge is 1.00 e. The van der Waals surface area contributed by atoms with Gasteiger partial charge in [-0.2, -0.15) is 0 Å². The molecule has 0 N–H and O–H groups in total. The van der Waals surface area contributed by atoms with Gasteiger partial charge >= 0.3 is 44.8 Å². The molecule has 0 saturated heterocycles. The van der Waals surface area contributed by atoms with Crippen LogP contribution < -0.4 is 42.0 Å². The monoisotopic (exact) mass is 1310 g/mol. The van der Waals surface area contributed by atoms with Crippen LogP contribution in [0.15, 0.2) is 206 Å². The minimum Gasteiger partial charge on any atom is -0.366 e. The maximum Gasteiger partial charge on any atom is 1.00 e. The molecule has 2 heterocycles. The maximum absolute atomic E-state index is 7.47. The van der Waals surface area contributed by atoms with E-state index >= 15 is 0 Å². The van der Waals surface area contributed by atoms with Crippen LogP contribution in [0.2, 0.25) is 26.2 Å². The molecule has 68 heavy (non-hydrogen) atoms. The van der Waals surface area contributed by atoms with Gasteiger partial charge in [-0.3, -0.25) is 11.8 Å². The van der Waals surface area contributed by atoms with E-state index in [1.54, 1.807) is 21.2 Å². The van der Waals surface area contributed by atoms with Crippen LogP contribution in [0, 0.1) is 24.7 Å². The van der Waals surface area contributed by atoms with Crippen molar-refractivity contribution in [3.63, 3.8) is 0 Å². The molecule has 2 atom stereocenters. The molecule has 11 rings (SSSR count). The van der Waals surface area contributed by atoms with Gasteiger partial charge in [-0.1, -0.05) is 172 Å². The summed E-state index contributed by atoms with van der Waals surface area (Å²) in [7, 11) is -5.02. The second kappa shape index (κ2) is 23.0. The minimum atomic E-state index is -1.63. The molecule has 0 aromatic heterocycles. The molecule has 0 radical (unpaired) electrons. The first-order chi connectivity index (χ1) is 32.2. The maximum atomic E-state index is 7.47. The molecule has 1 aliphatic carbocycles. The van der Waals surface area contributed by atoms with Crippen LogP contribution in [0.1, 0.15) is 36.8 Å². The Kier molecular flexibility index (Phi) is 17.5. The molecule has 0 bridgehead atoms. The summed E-state index contributed by atoms with van der Waals surface area (Å²) in [6.07, 6.45) is 20.4. The molecule has 2 aliphatic heterocycles. The van der Waals surface area contributed by atoms with Crippen LogP contribution in [-0.4, -0.2) is 27.5 Å². The number of rotatable bonds is 6. The number of fused-ring (bicyclic) bond motifs is 6. The Morgan fingerprint density at radius 2 is 0.647 bits per heavy atom. The molecule has 6 heteroatoms. The van der Waals surface area contributed by atoms with Gasteiger partial charge in [0.2, 0.25) is 0 Å². The summed E-state index contributed by atoms with van der Waals surface area (Å²) < 4.78 is 0. The van der Waals surface area contributed by atoms with Gasteiger partial charge in [-0.15, -0.1) is 33.6 Å². The molecule has 0 nitrogen and oxygen atoms in total. The number of hydrogen-bond donors (Lipinski definition) is 0.